The number of hydrogen-bond acceptors (Lipinski definition) is 5. The maximum atomic E-state index is 12.7. The van der Waals surface area contributed by atoms with E-state index in [9.17, 15) is 8.42 Å². The van der Waals surface area contributed by atoms with Crippen molar-refractivity contribution >= 4 is 26.0 Å². The van der Waals surface area contributed by atoms with Crippen LogP contribution in [0.4, 0.5) is 0 Å². The Morgan fingerprint density at radius 1 is 1.12 bits per heavy atom. The molecule has 134 valence electrons. The molecule has 0 radical (unpaired) electrons. The van der Waals surface area contributed by atoms with Gasteiger partial charge in [0.15, 0.2) is 0 Å². The summed E-state index contributed by atoms with van der Waals surface area (Å²) in [7, 11) is -3.42. The van der Waals surface area contributed by atoms with E-state index in [4.69, 9.17) is 4.74 Å². The Morgan fingerprint density at radius 2 is 1.80 bits per heavy atom. The van der Waals surface area contributed by atoms with E-state index < -0.39 is 10.0 Å². The number of piperidine rings is 1. The minimum absolute atomic E-state index is 0.319. The van der Waals surface area contributed by atoms with Gasteiger partial charge >= 0.3 is 0 Å². The third-order valence-corrected chi connectivity index (χ3v) is 6.71. The molecule has 2 heterocycles. The first-order chi connectivity index (χ1) is 11.9. The second kappa shape index (κ2) is 7.80. The average molecular weight is 426 g/mol. The van der Waals surface area contributed by atoms with Crippen LogP contribution in [0.5, 0.6) is 5.88 Å². The van der Waals surface area contributed by atoms with Crippen molar-refractivity contribution in [1.82, 2.24) is 14.5 Å². The van der Waals surface area contributed by atoms with E-state index in [1.807, 2.05) is 13.0 Å². The molecule has 1 aromatic carbocycles. The SMILES string of the molecule is Cc1ccc(OCC2CCN(S(=O)(=O)c3ccc(Br)cc3)CC2)nn1. The molecule has 0 bridgehead atoms. The summed E-state index contributed by atoms with van der Waals surface area (Å²) in [5, 5.41) is 7.94. The molecule has 1 aliphatic heterocycles. The summed E-state index contributed by atoms with van der Waals surface area (Å²) in [6, 6.07) is 10.4. The van der Waals surface area contributed by atoms with Gasteiger partial charge in [0, 0.05) is 23.6 Å². The second-order valence-electron chi connectivity index (χ2n) is 6.13. The second-order valence-corrected chi connectivity index (χ2v) is 8.98. The highest BCUT2D eigenvalue weighted by Gasteiger charge is 2.29. The van der Waals surface area contributed by atoms with E-state index in [1.54, 1.807) is 34.6 Å². The van der Waals surface area contributed by atoms with Crippen molar-refractivity contribution in [3.63, 3.8) is 0 Å². The van der Waals surface area contributed by atoms with Crippen molar-refractivity contribution in [2.45, 2.75) is 24.7 Å². The van der Waals surface area contributed by atoms with Crippen LogP contribution < -0.4 is 4.74 Å². The molecule has 3 rings (SSSR count). The van der Waals surface area contributed by atoms with Crippen LogP contribution in [0.25, 0.3) is 0 Å². The Hall–Kier alpha value is -1.51. The number of aromatic nitrogens is 2. The van der Waals surface area contributed by atoms with Crippen LogP contribution in [0.15, 0.2) is 45.8 Å². The summed E-state index contributed by atoms with van der Waals surface area (Å²) in [6.07, 6.45) is 1.55. The average Bonchev–Trinajstić information content (AvgIpc) is 2.62. The quantitative estimate of drug-likeness (QED) is 0.735. The van der Waals surface area contributed by atoms with E-state index in [0.29, 0.717) is 36.4 Å². The van der Waals surface area contributed by atoms with Crippen LogP contribution in [0, 0.1) is 12.8 Å². The predicted octanol–water partition coefficient (Wildman–Crippen LogP) is 3.03. The zero-order chi connectivity index (χ0) is 17.9. The number of hydrogen-bond donors (Lipinski definition) is 0. The number of nitrogens with zero attached hydrogens (tertiary/aromatic N) is 3. The van der Waals surface area contributed by atoms with Gasteiger partial charge in [0.2, 0.25) is 15.9 Å². The lowest BCUT2D eigenvalue weighted by Gasteiger charge is -2.31. The van der Waals surface area contributed by atoms with Gasteiger partial charge in [-0.05, 0) is 56.0 Å². The Kier molecular flexibility index (Phi) is 5.71. The minimum Gasteiger partial charge on any atom is -0.476 e. The van der Waals surface area contributed by atoms with Crippen LogP contribution in [0.1, 0.15) is 18.5 Å². The van der Waals surface area contributed by atoms with E-state index in [0.717, 1.165) is 23.0 Å². The van der Waals surface area contributed by atoms with Crippen molar-refractivity contribution in [3.8, 4) is 5.88 Å². The maximum Gasteiger partial charge on any atom is 0.243 e. The highest BCUT2D eigenvalue weighted by molar-refractivity contribution is 9.10. The molecular weight excluding hydrogens is 406 g/mol. The molecule has 0 amide bonds. The zero-order valence-corrected chi connectivity index (χ0v) is 16.3. The lowest BCUT2D eigenvalue weighted by molar-refractivity contribution is 0.180. The van der Waals surface area contributed by atoms with Gasteiger partial charge in [-0.2, -0.15) is 9.40 Å². The van der Waals surface area contributed by atoms with Crippen molar-refractivity contribution < 1.29 is 13.2 Å². The predicted molar refractivity (Wildman–Crippen MR) is 97.9 cm³/mol. The summed E-state index contributed by atoms with van der Waals surface area (Å²) in [4.78, 5) is 0.334. The number of benzene rings is 1. The number of sulfonamides is 1. The van der Waals surface area contributed by atoms with Gasteiger partial charge in [-0.15, -0.1) is 5.10 Å². The van der Waals surface area contributed by atoms with Crippen LogP contribution >= 0.6 is 15.9 Å². The molecule has 0 saturated carbocycles. The van der Waals surface area contributed by atoms with Gasteiger partial charge in [0.05, 0.1) is 17.2 Å². The third kappa shape index (κ3) is 4.56. The fourth-order valence-corrected chi connectivity index (χ4v) is 4.47. The van der Waals surface area contributed by atoms with Crippen LogP contribution in [-0.4, -0.2) is 42.6 Å². The molecule has 0 N–H and O–H groups in total. The maximum absolute atomic E-state index is 12.7. The fourth-order valence-electron chi connectivity index (χ4n) is 2.74. The van der Waals surface area contributed by atoms with E-state index in [2.05, 4.69) is 26.1 Å². The first kappa shape index (κ1) is 18.3. The Bertz CT molecular complexity index is 802. The monoisotopic (exact) mass is 425 g/mol. The van der Waals surface area contributed by atoms with Gasteiger partial charge in [-0.3, -0.25) is 0 Å². The summed E-state index contributed by atoms with van der Waals surface area (Å²) in [6.45, 7) is 3.42. The van der Waals surface area contributed by atoms with Gasteiger partial charge in [-0.25, -0.2) is 8.42 Å². The molecule has 0 unspecified atom stereocenters. The minimum atomic E-state index is -3.42. The Morgan fingerprint density at radius 3 is 2.40 bits per heavy atom. The van der Waals surface area contributed by atoms with Gasteiger partial charge < -0.3 is 4.74 Å². The molecule has 0 atom stereocenters. The van der Waals surface area contributed by atoms with Crippen molar-refractivity contribution in [2.75, 3.05) is 19.7 Å². The third-order valence-electron chi connectivity index (χ3n) is 4.27. The highest BCUT2D eigenvalue weighted by atomic mass is 79.9. The number of aryl methyl sites for hydroxylation is 1. The number of rotatable bonds is 5. The normalized spacial score (nSPS) is 16.7. The summed E-state index contributed by atoms with van der Waals surface area (Å²) in [5.74, 6) is 0.829. The lowest BCUT2D eigenvalue weighted by atomic mass is 9.99. The first-order valence-corrected chi connectivity index (χ1v) is 10.4. The summed E-state index contributed by atoms with van der Waals surface area (Å²) in [5.41, 5.74) is 0.846. The molecule has 25 heavy (non-hydrogen) atoms. The van der Waals surface area contributed by atoms with Crippen LogP contribution in [0.2, 0.25) is 0 Å². The van der Waals surface area contributed by atoms with Crippen molar-refractivity contribution in [3.05, 3.63) is 46.6 Å². The van der Waals surface area contributed by atoms with E-state index in [1.165, 1.54) is 0 Å². The fraction of sp³-hybridized carbons (Fsp3) is 0.412. The molecule has 1 saturated heterocycles. The Balaban J connectivity index is 1.54. The molecule has 8 heteroatoms. The van der Waals surface area contributed by atoms with E-state index in [-0.39, 0.29) is 0 Å². The smallest absolute Gasteiger partial charge is 0.243 e. The number of halogens is 1. The molecule has 0 spiro atoms. The van der Waals surface area contributed by atoms with Crippen LogP contribution in [-0.2, 0) is 10.0 Å². The molecular formula is C17H20BrN3O3S. The summed E-state index contributed by atoms with van der Waals surface area (Å²) >= 11 is 3.32. The van der Waals surface area contributed by atoms with Gasteiger partial charge in [0.1, 0.15) is 0 Å². The molecule has 6 nitrogen and oxygen atoms in total. The van der Waals surface area contributed by atoms with Gasteiger partial charge in [0.25, 0.3) is 0 Å². The highest BCUT2D eigenvalue weighted by Crippen LogP contribution is 2.25. The first-order valence-electron chi connectivity index (χ1n) is 8.14. The van der Waals surface area contributed by atoms with Gasteiger partial charge in [-0.1, -0.05) is 15.9 Å². The molecule has 1 fully saturated rings. The standard InChI is InChI=1S/C17H20BrN3O3S/c1-13-2-7-17(20-19-13)24-12-14-8-10-21(11-9-14)25(22,23)16-5-3-15(18)4-6-16/h2-7,14H,8-12H2,1H3. The topological polar surface area (TPSA) is 72.4 Å². The Labute approximate surface area is 156 Å². The zero-order valence-electron chi connectivity index (χ0n) is 13.9. The van der Waals surface area contributed by atoms with Crippen LogP contribution in [0.3, 0.4) is 0 Å². The largest absolute Gasteiger partial charge is 0.476 e. The number of ether oxygens (including phenoxy) is 1. The van der Waals surface area contributed by atoms with Crippen molar-refractivity contribution in [2.24, 2.45) is 5.92 Å². The van der Waals surface area contributed by atoms with Crippen molar-refractivity contribution in [1.29, 1.82) is 0 Å². The summed E-state index contributed by atoms with van der Waals surface area (Å²) < 4.78 is 33.4. The van der Waals surface area contributed by atoms with E-state index >= 15 is 0 Å². The lowest BCUT2D eigenvalue weighted by Crippen LogP contribution is -2.39. The molecule has 1 aromatic heterocycles. The molecule has 2 aromatic rings. The molecule has 1 aliphatic rings. The molecule has 0 aliphatic carbocycles.